The molecule has 0 aromatic heterocycles. The van der Waals surface area contributed by atoms with Gasteiger partial charge in [0.1, 0.15) is 17.8 Å². The lowest BCUT2D eigenvalue weighted by Crippen LogP contribution is -2.20. The van der Waals surface area contributed by atoms with Gasteiger partial charge in [0, 0.05) is 16.8 Å². The van der Waals surface area contributed by atoms with Crippen molar-refractivity contribution < 1.29 is 23.9 Å². The van der Waals surface area contributed by atoms with Crippen LogP contribution in [-0.2, 0) is 4.79 Å². The van der Waals surface area contributed by atoms with Crippen molar-refractivity contribution in [2.75, 3.05) is 24.4 Å². The average Bonchev–Trinajstić information content (AvgIpc) is 2.78. The number of hydrogen-bond acceptors (Lipinski definition) is 5. The van der Waals surface area contributed by atoms with Crippen LogP contribution in [0.1, 0.15) is 20.7 Å². The van der Waals surface area contributed by atoms with E-state index in [-0.39, 0.29) is 18.4 Å². The predicted molar refractivity (Wildman–Crippen MR) is 113 cm³/mol. The van der Waals surface area contributed by atoms with Gasteiger partial charge in [-0.25, -0.2) is 0 Å². The molecule has 7 heteroatoms. The highest BCUT2D eigenvalue weighted by Gasteiger charge is 2.10. The maximum Gasteiger partial charge on any atom is 0.262 e. The third-order valence-corrected chi connectivity index (χ3v) is 4.15. The van der Waals surface area contributed by atoms with Gasteiger partial charge in [-0.1, -0.05) is 24.3 Å². The number of benzene rings is 3. The fourth-order valence-electron chi connectivity index (χ4n) is 2.67. The minimum absolute atomic E-state index is 0.210. The standard InChI is InChI=1S/C23H20N2O5/c1-29-21-8-3-2-7-20(21)25-23(28)17-9-11-18(12-10-17)24-22(27)15-30-19-6-4-5-16(13-19)14-26/h2-14H,15H2,1H3,(H,24,27)(H,25,28). The summed E-state index contributed by atoms with van der Waals surface area (Å²) in [5.74, 6) is 0.333. The number of methoxy groups -OCH3 is 1. The van der Waals surface area contributed by atoms with Crippen molar-refractivity contribution in [1.29, 1.82) is 0 Å². The molecule has 152 valence electrons. The number of carbonyl (C=O) groups is 3. The first-order valence-electron chi connectivity index (χ1n) is 9.11. The Kier molecular flexibility index (Phi) is 6.78. The molecule has 0 radical (unpaired) electrons. The maximum atomic E-state index is 12.4. The quantitative estimate of drug-likeness (QED) is 0.558. The minimum atomic E-state index is -0.363. The Hall–Kier alpha value is -4.13. The van der Waals surface area contributed by atoms with E-state index in [1.165, 1.54) is 7.11 Å². The number of ether oxygens (including phenoxy) is 2. The lowest BCUT2D eigenvalue weighted by atomic mass is 10.2. The zero-order valence-corrected chi connectivity index (χ0v) is 16.3. The van der Waals surface area contributed by atoms with E-state index in [2.05, 4.69) is 10.6 Å². The number of anilines is 2. The molecule has 7 nitrogen and oxygen atoms in total. The molecule has 0 bridgehead atoms. The van der Waals surface area contributed by atoms with Crippen LogP contribution in [0.2, 0.25) is 0 Å². The lowest BCUT2D eigenvalue weighted by molar-refractivity contribution is -0.118. The van der Waals surface area contributed by atoms with E-state index >= 15 is 0 Å². The molecule has 0 fully saturated rings. The van der Waals surface area contributed by atoms with Crippen LogP contribution in [-0.4, -0.2) is 31.8 Å². The first-order valence-corrected chi connectivity index (χ1v) is 9.11. The molecule has 2 amide bonds. The van der Waals surface area contributed by atoms with Crippen molar-refractivity contribution in [3.63, 3.8) is 0 Å². The monoisotopic (exact) mass is 404 g/mol. The van der Waals surface area contributed by atoms with Crippen molar-refractivity contribution in [3.05, 3.63) is 83.9 Å². The summed E-state index contributed by atoms with van der Waals surface area (Å²) in [7, 11) is 1.53. The molecular formula is C23H20N2O5. The van der Waals surface area contributed by atoms with Gasteiger partial charge < -0.3 is 20.1 Å². The van der Waals surface area contributed by atoms with Crippen LogP contribution in [0.4, 0.5) is 11.4 Å². The van der Waals surface area contributed by atoms with Crippen molar-refractivity contribution in [2.24, 2.45) is 0 Å². The summed E-state index contributed by atoms with van der Waals surface area (Å²) in [5.41, 5.74) is 1.99. The smallest absolute Gasteiger partial charge is 0.262 e. The molecule has 0 aliphatic rings. The number of amides is 2. The van der Waals surface area contributed by atoms with Crippen LogP contribution in [0, 0.1) is 0 Å². The van der Waals surface area contributed by atoms with Gasteiger partial charge >= 0.3 is 0 Å². The van der Waals surface area contributed by atoms with Gasteiger partial charge in [0.15, 0.2) is 6.61 Å². The summed E-state index contributed by atoms with van der Waals surface area (Å²) < 4.78 is 10.6. The maximum absolute atomic E-state index is 12.4. The normalized spacial score (nSPS) is 10.0. The molecule has 0 saturated carbocycles. The Morgan fingerprint density at radius 2 is 1.70 bits per heavy atom. The Morgan fingerprint density at radius 1 is 0.933 bits per heavy atom. The summed E-state index contributed by atoms with van der Waals surface area (Å²) >= 11 is 0. The summed E-state index contributed by atoms with van der Waals surface area (Å²) in [6.45, 7) is -0.210. The van der Waals surface area contributed by atoms with Gasteiger partial charge in [0.25, 0.3) is 11.8 Å². The first kappa shape index (κ1) is 20.6. The van der Waals surface area contributed by atoms with E-state index in [1.54, 1.807) is 66.7 Å². The van der Waals surface area contributed by atoms with Crippen LogP contribution in [0.15, 0.2) is 72.8 Å². The van der Waals surface area contributed by atoms with Gasteiger partial charge in [0.2, 0.25) is 0 Å². The molecule has 3 rings (SSSR count). The first-order chi connectivity index (χ1) is 14.6. The molecule has 2 N–H and O–H groups in total. The zero-order chi connectivity index (χ0) is 21.3. The third-order valence-electron chi connectivity index (χ3n) is 4.15. The number of carbonyl (C=O) groups excluding carboxylic acids is 3. The minimum Gasteiger partial charge on any atom is -0.495 e. The van der Waals surface area contributed by atoms with E-state index in [0.29, 0.717) is 40.3 Å². The van der Waals surface area contributed by atoms with Gasteiger partial charge in [-0.2, -0.15) is 0 Å². The largest absolute Gasteiger partial charge is 0.495 e. The van der Waals surface area contributed by atoms with E-state index in [1.807, 2.05) is 6.07 Å². The fraction of sp³-hybridized carbons (Fsp3) is 0.0870. The van der Waals surface area contributed by atoms with Gasteiger partial charge in [-0.3, -0.25) is 14.4 Å². The summed E-state index contributed by atoms with van der Waals surface area (Å²) in [5, 5.41) is 5.48. The van der Waals surface area contributed by atoms with Gasteiger partial charge in [-0.05, 0) is 48.5 Å². The number of hydrogen-bond donors (Lipinski definition) is 2. The highest BCUT2D eigenvalue weighted by molar-refractivity contribution is 6.05. The molecule has 3 aromatic rings. The van der Waals surface area contributed by atoms with E-state index < -0.39 is 0 Å². The second-order valence-corrected chi connectivity index (χ2v) is 6.26. The van der Waals surface area contributed by atoms with Crippen molar-refractivity contribution >= 4 is 29.5 Å². The lowest BCUT2D eigenvalue weighted by Gasteiger charge is -2.11. The second-order valence-electron chi connectivity index (χ2n) is 6.26. The van der Waals surface area contributed by atoms with Crippen LogP contribution in [0.5, 0.6) is 11.5 Å². The molecule has 0 heterocycles. The summed E-state index contributed by atoms with van der Waals surface area (Å²) in [6.07, 6.45) is 0.707. The molecular weight excluding hydrogens is 384 g/mol. The summed E-state index contributed by atoms with van der Waals surface area (Å²) in [6, 6.07) is 20.1. The average molecular weight is 404 g/mol. The molecule has 0 aliphatic heterocycles. The Bertz CT molecular complexity index is 1050. The SMILES string of the molecule is COc1ccccc1NC(=O)c1ccc(NC(=O)COc2cccc(C=O)c2)cc1. The van der Waals surface area contributed by atoms with E-state index in [4.69, 9.17) is 9.47 Å². The topological polar surface area (TPSA) is 93.7 Å². The van der Waals surface area contributed by atoms with Crippen LogP contribution in [0.3, 0.4) is 0 Å². The van der Waals surface area contributed by atoms with E-state index in [0.717, 1.165) is 0 Å². The predicted octanol–water partition coefficient (Wildman–Crippen LogP) is 3.78. The number of para-hydroxylation sites is 2. The number of nitrogens with one attached hydrogen (secondary N) is 2. The summed E-state index contributed by atoms with van der Waals surface area (Å²) in [4.78, 5) is 35.3. The van der Waals surface area contributed by atoms with Crippen molar-refractivity contribution in [1.82, 2.24) is 0 Å². The van der Waals surface area contributed by atoms with Crippen molar-refractivity contribution in [3.8, 4) is 11.5 Å². The van der Waals surface area contributed by atoms with E-state index in [9.17, 15) is 14.4 Å². The molecule has 0 atom stereocenters. The highest BCUT2D eigenvalue weighted by Crippen LogP contribution is 2.24. The molecule has 3 aromatic carbocycles. The fourth-order valence-corrected chi connectivity index (χ4v) is 2.67. The molecule has 30 heavy (non-hydrogen) atoms. The third kappa shape index (κ3) is 5.45. The zero-order valence-electron chi connectivity index (χ0n) is 16.3. The Balaban J connectivity index is 1.55. The van der Waals surface area contributed by atoms with Crippen LogP contribution < -0.4 is 20.1 Å². The number of rotatable bonds is 8. The molecule has 0 unspecified atom stereocenters. The van der Waals surface area contributed by atoms with Gasteiger partial charge in [0.05, 0.1) is 12.8 Å². The molecule has 0 aliphatic carbocycles. The van der Waals surface area contributed by atoms with Crippen molar-refractivity contribution in [2.45, 2.75) is 0 Å². The second kappa shape index (κ2) is 9.88. The Morgan fingerprint density at radius 3 is 2.43 bits per heavy atom. The molecule has 0 spiro atoms. The highest BCUT2D eigenvalue weighted by atomic mass is 16.5. The number of aldehydes is 1. The Labute approximate surface area is 173 Å². The van der Waals surface area contributed by atoms with Crippen LogP contribution >= 0.6 is 0 Å². The van der Waals surface area contributed by atoms with Crippen LogP contribution in [0.25, 0.3) is 0 Å². The molecule has 0 saturated heterocycles. The van der Waals surface area contributed by atoms with Gasteiger partial charge in [-0.15, -0.1) is 0 Å².